The number of amides is 1. The Balaban J connectivity index is 1.52. The Morgan fingerprint density at radius 1 is 1.30 bits per heavy atom. The molecule has 0 fully saturated rings. The van der Waals surface area contributed by atoms with Gasteiger partial charge in [0.1, 0.15) is 16.3 Å². The van der Waals surface area contributed by atoms with Crippen molar-refractivity contribution in [3.8, 4) is 0 Å². The first-order valence-corrected chi connectivity index (χ1v) is 10.1. The molecule has 0 bridgehead atoms. The number of aromatic nitrogens is 4. The van der Waals surface area contributed by atoms with Gasteiger partial charge in [-0.2, -0.15) is 0 Å². The number of imidazole rings is 1. The monoisotopic (exact) mass is 385 g/mol. The van der Waals surface area contributed by atoms with Gasteiger partial charge in [0.15, 0.2) is 0 Å². The quantitative estimate of drug-likeness (QED) is 0.694. The Morgan fingerprint density at radius 2 is 2.11 bits per heavy atom. The summed E-state index contributed by atoms with van der Waals surface area (Å²) >= 11 is 1.45. The fourth-order valence-corrected chi connectivity index (χ4v) is 4.67. The summed E-state index contributed by atoms with van der Waals surface area (Å²) in [6, 6.07) is 0.0551. The minimum atomic E-state index is 0.0183. The van der Waals surface area contributed by atoms with Crippen molar-refractivity contribution in [2.75, 3.05) is 13.1 Å². The molecule has 3 aromatic rings. The molecule has 0 saturated carbocycles. The van der Waals surface area contributed by atoms with E-state index in [2.05, 4.69) is 4.98 Å². The fraction of sp³-hybridized carbons (Fsp3) is 0.474. The molecular weight excluding hydrogens is 362 g/mol. The molecule has 7 nitrogen and oxygen atoms in total. The zero-order chi connectivity index (χ0) is 19.1. The first-order valence-electron chi connectivity index (χ1n) is 9.20. The number of nitrogens with zero attached hydrogens (tertiary/aromatic N) is 5. The molecule has 142 valence electrons. The van der Waals surface area contributed by atoms with Crippen LogP contribution >= 0.6 is 11.3 Å². The molecule has 4 heterocycles. The second-order valence-electron chi connectivity index (χ2n) is 7.15. The van der Waals surface area contributed by atoms with Crippen molar-refractivity contribution in [1.82, 2.24) is 24.0 Å². The van der Waals surface area contributed by atoms with Gasteiger partial charge in [-0.15, -0.1) is 11.3 Å². The number of hydrogen-bond acceptors (Lipinski definition) is 5. The lowest BCUT2D eigenvalue weighted by atomic mass is 10.2. The Hall–Kier alpha value is -2.48. The van der Waals surface area contributed by atoms with Crippen molar-refractivity contribution in [1.29, 1.82) is 0 Å². The first kappa shape index (κ1) is 17.9. The molecule has 3 aromatic heterocycles. The summed E-state index contributed by atoms with van der Waals surface area (Å²) in [7, 11) is 0. The number of carbonyl (C=O) groups is 1. The number of fused-ring (bicyclic) bond motifs is 2. The number of carbonyl (C=O) groups excluding carboxylic acids is 1. The summed E-state index contributed by atoms with van der Waals surface area (Å²) in [5.41, 5.74) is 1.86. The zero-order valence-corrected chi connectivity index (χ0v) is 16.6. The summed E-state index contributed by atoms with van der Waals surface area (Å²) in [6.07, 6.45) is 4.68. The third kappa shape index (κ3) is 3.18. The first-order chi connectivity index (χ1) is 13.0. The third-order valence-corrected chi connectivity index (χ3v) is 6.37. The molecule has 0 saturated heterocycles. The van der Waals surface area contributed by atoms with E-state index in [4.69, 9.17) is 4.98 Å². The molecule has 0 spiro atoms. The van der Waals surface area contributed by atoms with Crippen LogP contribution in [0, 0.1) is 13.8 Å². The van der Waals surface area contributed by atoms with Crippen LogP contribution in [0.25, 0.3) is 10.2 Å². The Bertz CT molecular complexity index is 1060. The van der Waals surface area contributed by atoms with Crippen LogP contribution in [0.15, 0.2) is 22.6 Å². The highest BCUT2D eigenvalue weighted by atomic mass is 32.1. The van der Waals surface area contributed by atoms with Crippen LogP contribution in [-0.2, 0) is 17.8 Å². The van der Waals surface area contributed by atoms with E-state index in [1.54, 1.807) is 10.8 Å². The summed E-state index contributed by atoms with van der Waals surface area (Å²) in [6.45, 7) is 7.58. The molecule has 0 aromatic carbocycles. The highest BCUT2D eigenvalue weighted by molar-refractivity contribution is 7.17. The molecule has 4 rings (SSSR count). The molecule has 8 heteroatoms. The summed E-state index contributed by atoms with van der Waals surface area (Å²) in [4.78, 5) is 36.5. The number of hydrogen-bond donors (Lipinski definition) is 0. The van der Waals surface area contributed by atoms with Crippen molar-refractivity contribution in [3.63, 3.8) is 0 Å². The van der Waals surface area contributed by atoms with E-state index in [9.17, 15) is 9.59 Å². The smallest absolute Gasteiger partial charge is 0.271 e. The zero-order valence-electron chi connectivity index (χ0n) is 15.8. The Labute approximate surface area is 161 Å². The van der Waals surface area contributed by atoms with Crippen LogP contribution in [-0.4, -0.2) is 43.0 Å². The van der Waals surface area contributed by atoms with Crippen molar-refractivity contribution in [3.05, 3.63) is 45.3 Å². The Kier molecular flexibility index (Phi) is 4.59. The maximum absolute atomic E-state index is 12.8. The summed E-state index contributed by atoms with van der Waals surface area (Å²) in [5, 5.41) is 1.98. The van der Waals surface area contributed by atoms with Gasteiger partial charge in [0.2, 0.25) is 5.91 Å². The molecule has 1 unspecified atom stereocenters. The molecule has 1 amide bonds. The molecular formula is C19H23N5O2S. The van der Waals surface area contributed by atoms with Crippen LogP contribution in [0.3, 0.4) is 0 Å². The maximum Gasteiger partial charge on any atom is 0.271 e. The highest BCUT2D eigenvalue weighted by Crippen LogP contribution is 2.22. The van der Waals surface area contributed by atoms with E-state index in [0.717, 1.165) is 22.7 Å². The molecule has 0 radical (unpaired) electrons. The number of aryl methyl sites for hydroxylation is 2. The van der Waals surface area contributed by atoms with Gasteiger partial charge in [-0.05, 0) is 31.7 Å². The van der Waals surface area contributed by atoms with Gasteiger partial charge in [0.25, 0.3) is 5.56 Å². The van der Waals surface area contributed by atoms with Gasteiger partial charge < -0.3 is 9.47 Å². The van der Waals surface area contributed by atoms with Crippen LogP contribution in [0.5, 0.6) is 0 Å². The molecule has 0 aliphatic carbocycles. The molecule has 1 aliphatic heterocycles. The van der Waals surface area contributed by atoms with E-state index in [-0.39, 0.29) is 17.5 Å². The van der Waals surface area contributed by atoms with Gasteiger partial charge in [-0.25, -0.2) is 9.97 Å². The second kappa shape index (κ2) is 6.92. The van der Waals surface area contributed by atoms with Crippen LogP contribution < -0.4 is 5.56 Å². The second-order valence-corrected chi connectivity index (χ2v) is 8.03. The topological polar surface area (TPSA) is 73.0 Å². The number of rotatable bonds is 3. The predicted molar refractivity (Wildman–Crippen MR) is 105 cm³/mol. The fourth-order valence-electron chi connectivity index (χ4n) is 3.73. The van der Waals surface area contributed by atoms with Crippen molar-refractivity contribution < 1.29 is 4.79 Å². The van der Waals surface area contributed by atoms with E-state index < -0.39 is 0 Å². The molecule has 0 N–H and O–H groups in total. The standard InChI is InChI=1S/C19H23N5O2S/c1-12-11-27-18-17(12)21-15-4-6-22(8-9-24(15)19(18)26)16(25)10-13(2)23-7-5-20-14(23)3/h5,7,11,13H,4,6,8-10H2,1-3H3. The van der Waals surface area contributed by atoms with E-state index in [1.165, 1.54) is 11.3 Å². The van der Waals surface area contributed by atoms with Gasteiger partial charge in [0.05, 0.1) is 5.52 Å². The predicted octanol–water partition coefficient (Wildman–Crippen LogP) is 2.31. The lowest BCUT2D eigenvalue weighted by Crippen LogP contribution is -2.35. The summed E-state index contributed by atoms with van der Waals surface area (Å²) in [5.74, 6) is 1.79. The van der Waals surface area contributed by atoms with E-state index in [0.29, 0.717) is 37.2 Å². The van der Waals surface area contributed by atoms with Crippen molar-refractivity contribution in [2.45, 2.75) is 46.2 Å². The van der Waals surface area contributed by atoms with Crippen LogP contribution in [0.1, 0.15) is 36.6 Å². The average molecular weight is 385 g/mol. The Morgan fingerprint density at radius 3 is 2.85 bits per heavy atom. The third-order valence-electron chi connectivity index (χ3n) is 5.29. The largest absolute Gasteiger partial charge is 0.340 e. The van der Waals surface area contributed by atoms with Crippen molar-refractivity contribution >= 4 is 27.5 Å². The maximum atomic E-state index is 12.8. The van der Waals surface area contributed by atoms with E-state index >= 15 is 0 Å². The molecule has 1 atom stereocenters. The lowest BCUT2D eigenvalue weighted by Gasteiger charge is -2.23. The molecule has 27 heavy (non-hydrogen) atoms. The minimum absolute atomic E-state index is 0.0183. The highest BCUT2D eigenvalue weighted by Gasteiger charge is 2.23. The van der Waals surface area contributed by atoms with E-state index in [1.807, 2.05) is 41.8 Å². The van der Waals surface area contributed by atoms with Gasteiger partial charge in [-0.1, -0.05) is 0 Å². The summed E-state index contributed by atoms with van der Waals surface area (Å²) < 4.78 is 4.47. The van der Waals surface area contributed by atoms with Crippen LogP contribution in [0.4, 0.5) is 0 Å². The normalized spacial score (nSPS) is 15.6. The van der Waals surface area contributed by atoms with Crippen LogP contribution in [0.2, 0.25) is 0 Å². The van der Waals surface area contributed by atoms with Gasteiger partial charge >= 0.3 is 0 Å². The SMILES string of the molecule is Cc1csc2c(=O)n3c(nc12)CCN(C(=O)CC(C)n1ccnc1C)CC3. The van der Waals surface area contributed by atoms with Gasteiger partial charge in [0, 0.05) is 50.9 Å². The average Bonchev–Trinajstić information content (AvgIpc) is 3.15. The van der Waals surface area contributed by atoms with Crippen molar-refractivity contribution in [2.24, 2.45) is 0 Å². The number of thiophene rings is 1. The van der Waals surface area contributed by atoms with Gasteiger partial charge in [-0.3, -0.25) is 14.2 Å². The lowest BCUT2D eigenvalue weighted by molar-refractivity contribution is -0.131. The molecule has 1 aliphatic rings. The minimum Gasteiger partial charge on any atom is -0.340 e.